The molecule has 3 heterocycles. The van der Waals surface area contributed by atoms with Crippen LogP contribution in [0.2, 0.25) is 0 Å². The smallest absolute Gasteiger partial charge is 0.225 e. The molecule has 1 aromatic heterocycles. The number of piperazine rings is 1. The summed E-state index contributed by atoms with van der Waals surface area (Å²) in [6.07, 6.45) is 6.43. The van der Waals surface area contributed by atoms with Crippen molar-refractivity contribution in [3.05, 3.63) is 18.5 Å². The molecular weight excluding hydrogens is 340 g/mol. The molecule has 0 spiro atoms. The van der Waals surface area contributed by atoms with Crippen molar-refractivity contribution in [3.8, 4) is 0 Å². The number of hydrogen-bond donors (Lipinski definition) is 1. The Morgan fingerprint density at radius 3 is 2.70 bits per heavy atom. The highest BCUT2D eigenvalue weighted by molar-refractivity contribution is 5.81. The summed E-state index contributed by atoms with van der Waals surface area (Å²) >= 11 is 0. The molecular formula is C20H32N6O. The van der Waals surface area contributed by atoms with Crippen molar-refractivity contribution in [2.45, 2.75) is 45.8 Å². The van der Waals surface area contributed by atoms with Gasteiger partial charge < -0.3 is 19.9 Å². The van der Waals surface area contributed by atoms with Crippen molar-refractivity contribution >= 4 is 11.9 Å². The highest BCUT2D eigenvalue weighted by Crippen LogP contribution is 2.51. The van der Waals surface area contributed by atoms with E-state index in [2.05, 4.69) is 45.9 Å². The molecule has 0 amide bonds. The normalized spacial score (nSPS) is 30.5. The van der Waals surface area contributed by atoms with E-state index in [1.165, 1.54) is 12.8 Å². The van der Waals surface area contributed by atoms with E-state index in [1.807, 2.05) is 18.5 Å². The van der Waals surface area contributed by atoms with Crippen LogP contribution in [0.4, 0.5) is 5.95 Å². The molecule has 7 nitrogen and oxygen atoms in total. The number of rotatable bonds is 3. The van der Waals surface area contributed by atoms with E-state index >= 15 is 0 Å². The van der Waals surface area contributed by atoms with Gasteiger partial charge in [0.1, 0.15) is 0 Å². The van der Waals surface area contributed by atoms with E-state index < -0.39 is 0 Å². The third-order valence-electron chi connectivity index (χ3n) is 6.34. The Kier molecular flexibility index (Phi) is 5.21. The predicted molar refractivity (Wildman–Crippen MR) is 107 cm³/mol. The number of aromatic nitrogens is 2. The van der Waals surface area contributed by atoms with Gasteiger partial charge in [0.2, 0.25) is 5.95 Å². The maximum atomic E-state index is 6.06. The largest absolute Gasteiger partial charge is 0.377 e. The van der Waals surface area contributed by atoms with Crippen LogP contribution >= 0.6 is 0 Å². The zero-order valence-electron chi connectivity index (χ0n) is 16.8. The Bertz CT molecular complexity index is 656. The second-order valence-electron chi connectivity index (χ2n) is 8.36. The molecule has 1 aromatic rings. The number of anilines is 1. The maximum Gasteiger partial charge on any atom is 0.225 e. The number of fused-ring (bicyclic) bond motifs is 1. The Balaban J connectivity index is 1.40. The minimum atomic E-state index is 0.152. The Morgan fingerprint density at radius 1 is 1.26 bits per heavy atom. The van der Waals surface area contributed by atoms with Crippen LogP contribution in [0.25, 0.3) is 0 Å². The molecule has 3 aliphatic rings. The van der Waals surface area contributed by atoms with Crippen molar-refractivity contribution < 1.29 is 4.74 Å². The Morgan fingerprint density at radius 2 is 2.00 bits per heavy atom. The van der Waals surface area contributed by atoms with Gasteiger partial charge in [-0.2, -0.15) is 0 Å². The number of nitrogens with one attached hydrogen (secondary N) is 1. The molecule has 3 fully saturated rings. The quantitative estimate of drug-likeness (QED) is 0.644. The van der Waals surface area contributed by atoms with Crippen molar-refractivity contribution in [1.82, 2.24) is 20.2 Å². The summed E-state index contributed by atoms with van der Waals surface area (Å²) in [7, 11) is 0. The minimum absolute atomic E-state index is 0.152. The van der Waals surface area contributed by atoms with Crippen molar-refractivity contribution in [3.63, 3.8) is 0 Å². The molecule has 4 rings (SSSR count). The van der Waals surface area contributed by atoms with Crippen LogP contribution in [0.3, 0.4) is 0 Å². The van der Waals surface area contributed by atoms with Gasteiger partial charge in [0.25, 0.3) is 0 Å². The number of aliphatic imine (C=N–C) groups is 1. The molecule has 1 N–H and O–H groups in total. The van der Waals surface area contributed by atoms with Gasteiger partial charge in [0.15, 0.2) is 5.96 Å². The Hall–Kier alpha value is -1.89. The van der Waals surface area contributed by atoms with Crippen molar-refractivity contribution in [1.29, 1.82) is 0 Å². The molecule has 1 saturated carbocycles. The summed E-state index contributed by atoms with van der Waals surface area (Å²) in [4.78, 5) is 18.2. The van der Waals surface area contributed by atoms with E-state index in [1.54, 1.807) is 0 Å². The first-order chi connectivity index (χ1) is 13.1. The molecule has 148 valence electrons. The molecule has 27 heavy (non-hydrogen) atoms. The van der Waals surface area contributed by atoms with Crippen LogP contribution in [0.5, 0.6) is 0 Å². The first kappa shape index (κ1) is 18.5. The first-order valence-electron chi connectivity index (χ1n) is 10.3. The van der Waals surface area contributed by atoms with Gasteiger partial charge in [0, 0.05) is 69.1 Å². The summed E-state index contributed by atoms with van der Waals surface area (Å²) in [6.45, 7) is 12.2. The molecule has 3 atom stereocenters. The zero-order valence-corrected chi connectivity index (χ0v) is 16.8. The molecule has 0 bridgehead atoms. The maximum absolute atomic E-state index is 6.06. The first-order valence-corrected chi connectivity index (χ1v) is 10.3. The molecule has 0 radical (unpaired) electrons. The van der Waals surface area contributed by atoms with Crippen LogP contribution in [-0.2, 0) is 4.74 Å². The van der Waals surface area contributed by atoms with Gasteiger partial charge >= 0.3 is 0 Å². The number of hydrogen-bond acceptors (Lipinski definition) is 5. The third-order valence-corrected chi connectivity index (χ3v) is 6.34. The summed E-state index contributed by atoms with van der Waals surface area (Å²) in [5, 5.41) is 3.81. The fourth-order valence-electron chi connectivity index (χ4n) is 4.91. The lowest BCUT2D eigenvalue weighted by atomic mass is 9.55. The van der Waals surface area contributed by atoms with E-state index in [4.69, 9.17) is 9.73 Å². The summed E-state index contributed by atoms with van der Waals surface area (Å²) < 4.78 is 6.06. The summed E-state index contributed by atoms with van der Waals surface area (Å²) in [6, 6.07) is 2.29. The molecule has 1 aliphatic carbocycles. The third kappa shape index (κ3) is 3.49. The number of nitrogens with zero attached hydrogens (tertiary/aromatic N) is 5. The predicted octanol–water partition coefficient (Wildman–Crippen LogP) is 1.77. The van der Waals surface area contributed by atoms with Gasteiger partial charge in [-0.3, -0.25) is 4.99 Å². The fraction of sp³-hybridized carbons (Fsp3) is 0.750. The van der Waals surface area contributed by atoms with Crippen LogP contribution < -0.4 is 10.2 Å². The lowest BCUT2D eigenvalue weighted by Gasteiger charge is -2.60. The van der Waals surface area contributed by atoms with Crippen LogP contribution in [0, 0.1) is 11.3 Å². The average molecular weight is 373 g/mol. The summed E-state index contributed by atoms with van der Waals surface area (Å²) in [5.41, 5.74) is 0.152. The SMILES string of the molecule is CCN=C(NC1C2CCCOC2C1(C)C)N1CCN(c2ncccn2)CC1. The van der Waals surface area contributed by atoms with Gasteiger partial charge in [0.05, 0.1) is 6.10 Å². The van der Waals surface area contributed by atoms with Crippen LogP contribution in [0.1, 0.15) is 33.6 Å². The van der Waals surface area contributed by atoms with Gasteiger partial charge in [-0.05, 0) is 25.8 Å². The second kappa shape index (κ2) is 7.62. The molecule has 3 unspecified atom stereocenters. The molecule has 2 saturated heterocycles. The number of ether oxygens (including phenoxy) is 1. The van der Waals surface area contributed by atoms with Crippen molar-refractivity contribution in [2.24, 2.45) is 16.3 Å². The lowest BCUT2D eigenvalue weighted by Crippen LogP contribution is -2.71. The van der Waals surface area contributed by atoms with E-state index in [-0.39, 0.29) is 5.41 Å². The van der Waals surface area contributed by atoms with E-state index in [0.29, 0.717) is 18.1 Å². The number of guanidine groups is 1. The molecule has 7 heteroatoms. The van der Waals surface area contributed by atoms with E-state index in [9.17, 15) is 0 Å². The monoisotopic (exact) mass is 372 g/mol. The highest BCUT2D eigenvalue weighted by atomic mass is 16.5. The van der Waals surface area contributed by atoms with Gasteiger partial charge in [-0.1, -0.05) is 13.8 Å². The summed E-state index contributed by atoms with van der Waals surface area (Å²) in [5.74, 6) is 2.48. The van der Waals surface area contributed by atoms with Gasteiger partial charge in [-0.25, -0.2) is 9.97 Å². The standard InChI is InChI=1S/C20H32N6O/c1-4-21-19(24-16-15-7-5-14-27-17(15)20(16,2)3)26-12-10-25(11-13-26)18-22-8-6-9-23-18/h6,8-9,15-17H,4-5,7,10-14H2,1-3H3,(H,21,24). The van der Waals surface area contributed by atoms with Crippen LogP contribution in [-0.4, -0.2) is 72.3 Å². The topological polar surface area (TPSA) is 65.9 Å². The Labute approximate surface area is 162 Å². The highest BCUT2D eigenvalue weighted by Gasteiger charge is 2.58. The minimum Gasteiger partial charge on any atom is -0.377 e. The van der Waals surface area contributed by atoms with Crippen LogP contribution in [0.15, 0.2) is 23.5 Å². The molecule has 2 aliphatic heterocycles. The van der Waals surface area contributed by atoms with Crippen molar-refractivity contribution in [2.75, 3.05) is 44.2 Å². The molecule has 0 aromatic carbocycles. The van der Waals surface area contributed by atoms with Gasteiger partial charge in [-0.15, -0.1) is 0 Å². The van der Waals surface area contributed by atoms with E-state index in [0.717, 1.165) is 51.2 Å². The average Bonchev–Trinajstić information content (AvgIpc) is 2.72. The lowest BCUT2D eigenvalue weighted by molar-refractivity contribution is -0.188. The fourth-order valence-corrected chi connectivity index (χ4v) is 4.91. The second-order valence-corrected chi connectivity index (χ2v) is 8.36. The zero-order chi connectivity index (χ0) is 18.9.